The fourth-order valence-corrected chi connectivity index (χ4v) is 1.31. The quantitative estimate of drug-likeness (QED) is 0.800. The summed E-state index contributed by atoms with van der Waals surface area (Å²) in [5.41, 5.74) is 0. The molecule has 1 rings (SSSR count). The van der Waals surface area contributed by atoms with Gasteiger partial charge >= 0.3 is 0 Å². The number of hydrogen-bond acceptors (Lipinski definition) is 4. The molecule has 1 aromatic rings. The summed E-state index contributed by atoms with van der Waals surface area (Å²) in [4.78, 5) is 6.53. The minimum atomic E-state index is 0.282. The standard InChI is InChI=1S/C12H21N3O/c1-10(2)16-9-8-15(4)12-7-5-6-11(13-3)14-12/h5-7,10H,8-9H2,1-4H3,(H,13,14). The van der Waals surface area contributed by atoms with Crippen molar-refractivity contribution in [1.82, 2.24) is 4.98 Å². The van der Waals surface area contributed by atoms with Crippen LogP contribution in [-0.2, 0) is 4.74 Å². The van der Waals surface area contributed by atoms with Gasteiger partial charge in [0, 0.05) is 20.6 Å². The molecule has 0 saturated heterocycles. The van der Waals surface area contributed by atoms with Crippen LogP contribution in [0.3, 0.4) is 0 Å². The third kappa shape index (κ3) is 4.06. The fourth-order valence-electron chi connectivity index (χ4n) is 1.31. The predicted molar refractivity (Wildman–Crippen MR) is 68.1 cm³/mol. The highest BCUT2D eigenvalue weighted by molar-refractivity contribution is 5.46. The summed E-state index contributed by atoms with van der Waals surface area (Å²) in [7, 11) is 3.89. The molecule has 0 bridgehead atoms. The molecule has 0 radical (unpaired) electrons. The van der Waals surface area contributed by atoms with Crippen LogP contribution < -0.4 is 10.2 Å². The third-order valence-corrected chi connectivity index (χ3v) is 2.26. The number of hydrogen-bond donors (Lipinski definition) is 1. The lowest BCUT2D eigenvalue weighted by atomic mass is 10.4. The van der Waals surface area contributed by atoms with E-state index in [1.54, 1.807) is 0 Å². The van der Waals surface area contributed by atoms with Crippen LogP contribution in [0.5, 0.6) is 0 Å². The van der Waals surface area contributed by atoms with Crippen molar-refractivity contribution in [2.75, 3.05) is 37.5 Å². The molecule has 0 atom stereocenters. The molecule has 4 heteroatoms. The summed E-state index contributed by atoms with van der Waals surface area (Å²) < 4.78 is 5.51. The lowest BCUT2D eigenvalue weighted by molar-refractivity contribution is 0.0845. The first-order valence-electron chi connectivity index (χ1n) is 5.61. The molecule has 16 heavy (non-hydrogen) atoms. The minimum Gasteiger partial charge on any atom is -0.377 e. The van der Waals surface area contributed by atoms with Crippen LogP contribution in [0.4, 0.5) is 11.6 Å². The Kier molecular flexibility index (Phi) is 5.05. The lowest BCUT2D eigenvalue weighted by Gasteiger charge is -2.19. The molecule has 0 spiro atoms. The summed E-state index contributed by atoms with van der Waals surface area (Å²) in [5.74, 6) is 1.84. The van der Waals surface area contributed by atoms with Crippen LogP contribution in [-0.4, -0.2) is 38.3 Å². The first-order valence-corrected chi connectivity index (χ1v) is 5.61. The van der Waals surface area contributed by atoms with Crippen LogP contribution >= 0.6 is 0 Å². The van der Waals surface area contributed by atoms with Gasteiger partial charge in [-0.15, -0.1) is 0 Å². The Hall–Kier alpha value is -1.29. The van der Waals surface area contributed by atoms with E-state index in [2.05, 4.69) is 15.2 Å². The first-order chi connectivity index (χ1) is 7.63. The molecule has 0 aliphatic carbocycles. The summed E-state index contributed by atoms with van der Waals surface area (Å²) in [6.07, 6.45) is 0.282. The Balaban J connectivity index is 2.48. The Labute approximate surface area is 97.6 Å². The van der Waals surface area contributed by atoms with E-state index in [1.807, 2.05) is 46.1 Å². The van der Waals surface area contributed by atoms with Gasteiger partial charge in [-0.2, -0.15) is 0 Å². The summed E-state index contributed by atoms with van der Waals surface area (Å²) >= 11 is 0. The largest absolute Gasteiger partial charge is 0.377 e. The van der Waals surface area contributed by atoms with E-state index in [0.29, 0.717) is 0 Å². The Bertz CT molecular complexity index is 315. The Morgan fingerprint density at radius 3 is 2.81 bits per heavy atom. The Morgan fingerprint density at radius 2 is 2.19 bits per heavy atom. The van der Waals surface area contributed by atoms with E-state index in [9.17, 15) is 0 Å². The van der Waals surface area contributed by atoms with Gasteiger partial charge in [-0.3, -0.25) is 0 Å². The molecular weight excluding hydrogens is 202 g/mol. The molecule has 0 saturated carbocycles. The van der Waals surface area contributed by atoms with Crippen molar-refractivity contribution in [3.8, 4) is 0 Å². The van der Waals surface area contributed by atoms with Crippen molar-refractivity contribution in [1.29, 1.82) is 0 Å². The van der Waals surface area contributed by atoms with Crippen molar-refractivity contribution in [3.63, 3.8) is 0 Å². The van der Waals surface area contributed by atoms with Gasteiger partial charge in [0.1, 0.15) is 11.6 Å². The maximum atomic E-state index is 5.51. The van der Waals surface area contributed by atoms with Gasteiger partial charge in [0.05, 0.1) is 12.7 Å². The van der Waals surface area contributed by atoms with E-state index >= 15 is 0 Å². The normalized spacial score (nSPS) is 10.6. The predicted octanol–water partition coefficient (Wildman–Crippen LogP) is 1.98. The highest BCUT2D eigenvalue weighted by Crippen LogP contribution is 2.11. The number of anilines is 2. The average Bonchev–Trinajstić information content (AvgIpc) is 2.28. The van der Waals surface area contributed by atoms with Gasteiger partial charge in [-0.25, -0.2) is 4.98 Å². The van der Waals surface area contributed by atoms with E-state index in [0.717, 1.165) is 24.8 Å². The minimum absolute atomic E-state index is 0.282. The van der Waals surface area contributed by atoms with Gasteiger partial charge in [0.15, 0.2) is 0 Å². The third-order valence-electron chi connectivity index (χ3n) is 2.26. The van der Waals surface area contributed by atoms with Gasteiger partial charge in [0.25, 0.3) is 0 Å². The Morgan fingerprint density at radius 1 is 1.44 bits per heavy atom. The maximum absolute atomic E-state index is 5.51. The zero-order valence-corrected chi connectivity index (χ0v) is 10.5. The molecule has 0 aliphatic heterocycles. The second-order valence-electron chi connectivity index (χ2n) is 3.97. The number of ether oxygens (including phenoxy) is 1. The highest BCUT2D eigenvalue weighted by Gasteiger charge is 2.03. The monoisotopic (exact) mass is 223 g/mol. The lowest BCUT2D eigenvalue weighted by Crippen LogP contribution is -2.24. The molecule has 90 valence electrons. The number of rotatable bonds is 6. The van der Waals surface area contributed by atoms with E-state index in [-0.39, 0.29) is 6.10 Å². The van der Waals surface area contributed by atoms with Crippen molar-refractivity contribution in [2.24, 2.45) is 0 Å². The number of nitrogens with zero attached hydrogens (tertiary/aromatic N) is 2. The van der Waals surface area contributed by atoms with Gasteiger partial charge < -0.3 is 15.0 Å². The molecule has 0 aliphatic rings. The SMILES string of the molecule is CNc1cccc(N(C)CCOC(C)C)n1. The highest BCUT2D eigenvalue weighted by atomic mass is 16.5. The maximum Gasteiger partial charge on any atom is 0.130 e. The number of aromatic nitrogens is 1. The molecule has 1 N–H and O–H groups in total. The van der Waals surface area contributed by atoms with E-state index < -0.39 is 0 Å². The van der Waals surface area contributed by atoms with E-state index in [1.165, 1.54) is 0 Å². The molecule has 4 nitrogen and oxygen atoms in total. The summed E-state index contributed by atoms with van der Waals surface area (Å²) in [6, 6.07) is 5.94. The number of pyridine rings is 1. The van der Waals surface area contributed by atoms with Crippen LogP contribution in [0.2, 0.25) is 0 Å². The van der Waals surface area contributed by atoms with Crippen molar-refractivity contribution >= 4 is 11.6 Å². The van der Waals surface area contributed by atoms with Crippen LogP contribution in [0.25, 0.3) is 0 Å². The van der Waals surface area contributed by atoms with E-state index in [4.69, 9.17) is 4.74 Å². The summed E-state index contributed by atoms with van der Waals surface area (Å²) in [6.45, 7) is 5.65. The topological polar surface area (TPSA) is 37.4 Å². The molecule has 0 amide bonds. The second kappa shape index (κ2) is 6.33. The zero-order chi connectivity index (χ0) is 12.0. The van der Waals surface area contributed by atoms with Gasteiger partial charge in [-0.1, -0.05) is 6.07 Å². The van der Waals surface area contributed by atoms with Crippen LogP contribution in [0.1, 0.15) is 13.8 Å². The second-order valence-corrected chi connectivity index (χ2v) is 3.97. The smallest absolute Gasteiger partial charge is 0.130 e. The fraction of sp³-hybridized carbons (Fsp3) is 0.583. The van der Waals surface area contributed by atoms with Gasteiger partial charge in [-0.05, 0) is 26.0 Å². The average molecular weight is 223 g/mol. The molecule has 0 unspecified atom stereocenters. The molecule has 0 fully saturated rings. The first kappa shape index (κ1) is 12.8. The molecule has 0 aromatic carbocycles. The van der Waals surface area contributed by atoms with Gasteiger partial charge in [0.2, 0.25) is 0 Å². The van der Waals surface area contributed by atoms with Crippen molar-refractivity contribution < 1.29 is 4.74 Å². The molecule has 1 aromatic heterocycles. The summed E-state index contributed by atoms with van der Waals surface area (Å²) in [5, 5.41) is 3.03. The number of likely N-dealkylation sites (N-methyl/N-ethyl adjacent to an activating group) is 1. The number of nitrogens with one attached hydrogen (secondary N) is 1. The van der Waals surface area contributed by atoms with Crippen molar-refractivity contribution in [3.05, 3.63) is 18.2 Å². The molecular formula is C12H21N3O. The molecule has 1 heterocycles. The van der Waals surface area contributed by atoms with Crippen LogP contribution in [0.15, 0.2) is 18.2 Å². The van der Waals surface area contributed by atoms with Crippen LogP contribution in [0, 0.1) is 0 Å². The zero-order valence-electron chi connectivity index (χ0n) is 10.5. The van der Waals surface area contributed by atoms with Crippen molar-refractivity contribution in [2.45, 2.75) is 20.0 Å².